The number of benzene rings is 1. The fraction of sp³-hybridized carbons (Fsp3) is 0.571. The molecule has 2 N–H and O–H groups in total. The summed E-state index contributed by atoms with van der Waals surface area (Å²) in [7, 11) is 1.69. The van der Waals surface area contributed by atoms with Gasteiger partial charge in [0.1, 0.15) is 5.75 Å². The van der Waals surface area contributed by atoms with Gasteiger partial charge in [-0.3, -0.25) is 0 Å². The molecule has 1 aromatic rings. The van der Waals surface area contributed by atoms with Crippen molar-refractivity contribution in [1.82, 2.24) is 0 Å². The maximum atomic E-state index is 6.36. The van der Waals surface area contributed by atoms with Gasteiger partial charge < -0.3 is 10.5 Å². The lowest BCUT2D eigenvalue weighted by molar-refractivity contribution is 0.244. The van der Waals surface area contributed by atoms with Crippen molar-refractivity contribution in [3.05, 3.63) is 28.3 Å². The zero-order valence-corrected chi connectivity index (χ0v) is 11.5. The lowest BCUT2D eigenvalue weighted by Gasteiger charge is -2.39. The average molecular weight is 254 g/mol. The smallest absolute Gasteiger partial charge is 0.124 e. The molecule has 0 radical (unpaired) electrons. The van der Waals surface area contributed by atoms with E-state index in [0.29, 0.717) is 5.92 Å². The molecule has 0 saturated heterocycles. The molecule has 0 amide bonds. The Hall–Kier alpha value is -0.730. The summed E-state index contributed by atoms with van der Waals surface area (Å²) in [5.41, 5.74) is 8.30. The molecule has 0 heterocycles. The molecule has 1 aromatic carbocycles. The van der Waals surface area contributed by atoms with Crippen LogP contribution in [0, 0.1) is 0 Å². The van der Waals surface area contributed by atoms with Gasteiger partial charge in [-0.1, -0.05) is 25.4 Å². The fourth-order valence-corrected chi connectivity index (χ4v) is 2.78. The highest BCUT2D eigenvalue weighted by molar-refractivity contribution is 6.31. The van der Waals surface area contributed by atoms with Gasteiger partial charge in [0.05, 0.1) is 7.11 Å². The van der Waals surface area contributed by atoms with Gasteiger partial charge in [-0.15, -0.1) is 0 Å². The van der Waals surface area contributed by atoms with Crippen molar-refractivity contribution in [2.45, 2.75) is 44.6 Å². The van der Waals surface area contributed by atoms with Crippen molar-refractivity contribution >= 4 is 11.6 Å². The van der Waals surface area contributed by atoms with E-state index in [-0.39, 0.29) is 5.54 Å². The second kappa shape index (κ2) is 4.51. The minimum Gasteiger partial charge on any atom is -0.496 e. The number of hydrogen-bond acceptors (Lipinski definition) is 2. The first-order valence-electron chi connectivity index (χ1n) is 6.15. The topological polar surface area (TPSA) is 35.2 Å². The van der Waals surface area contributed by atoms with Crippen molar-refractivity contribution < 1.29 is 4.74 Å². The molecule has 0 aliphatic heterocycles. The van der Waals surface area contributed by atoms with E-state index < -0.39 is 0 Å². The third kappa shape index (κ3) is 2.16. The van der Waals surface area contributed by atoms with E-state index >= 15 is 0 Å². The van der Waals surface area contributed by atoms with Crippen molar-refractivity contribution in [2.24, 2.45) is 5.73 Å². The van der Waals surface area contributed by atoms with Gasteiger partial charge in [-0.05, 0) is 42.9 Å². The Morgan fingerprint density at radius 3 is 2.41 bits per heavy atom. The molecule has 1 saturated carbocycles. The molecule has 0 bridgehead atoms. The molecule has 0 aromatic heterocycles. The van der Waals surface area contributed by atoms with E-state index in [1.54, 1.807) is 7.11 Å². The molecule has 0 spiro atoms. The molecule has 1 aliphatic rings. The van der Waals surface area contributed by atoms with E-state index in [1.165, 1.54) is 6.42 Å². The van der Waals surface area contributed by atoms with Crippen LogP contribution in [0.2, 0.25) is 5.02 Å². The predicted molar refractivity (Wildman–Crippen MR) is 71.8 cm³/mol. The van der Waals surface area contributed by atoms with Gasteiger partial charge in [0, 0.05) is 16.1 Å². The van der Waals surface area contributed by atoms with Crippen LogP contribution in [0.5, 0.6) is 5.75 Å². The lowest BCUT2D eigenvalue weighted by Crippen LogP contribution is -2.43. The van der Waals surface area contributed by atoms with Crippen LogP contribution in [-0.2, 0) is 5.54 Å². The number of halogens is 1. The Balaban J connectivity index is 2.49. The zero-order valence-electron chi connectivity index (χ0n) is 10.7. The quantitative estimate of drug-likeness (QED) is 0.889. The Kier molecular flexibility index (Phi) is 3.37. The first-order valence-corrected chi connectivity index (χ1v) is 6.52. The second-order valence-corrected chi connectivity index (χ2v) is 5.65. The third-order valence-corrected chi connectivity index (χ3v) is 4.05. The summed E-state index contributed by atoms with van der Waals surface area (Å²) < 4.78 is 5.47. The first-order chi connectivity index (χ1) is 7.98. The number of ether oxygens (including phenoxy) is 1. The highest BCUT2D eigenvalue weighted by atomic mass is 35.5. The number of methoxy groups -OCH3 is 1. The summed E-state index contributed by atoms with van der Waals surface area (Å²) >= 11 is 6.33. The fourth-order valence-electron chi connectivity index (χ4n) is 2.40. The summed E-state index contributed by atoms with van der Waals surface area (Å²) in [5, 5.41) is 0.799. The molecule has 0 unspecified atom stereocenters. The van der Waals surface area contributed by atoms with E-state index in [4.69, 9.17) is 22.1 Å². The molecule has 1 aliphatic carbocycles. The van der Waals surface area contributed by atoms with E-state index in [9.17, 15) is 0 Å². The van der Waals surface area contributed by atoms with Crippen molar-refractivity contribution in [2.75, 3.05) is 7.11 Å². The first kappa shape index (κ1) is 12.7. The molecule has 17 heavy (non-hydrogen) atoms. The summed E-state index contributed by atoms with van der Waals surface area (Å²) in [6.45, 7) is 4.25. The Bertz CT molecular complexity index is 424. The van der Waals surface area contributed by atoms with Crippen molar-refractivity contribution in [3.63, 3.8) is 0 Å². The SMILES string of the molecule is COc1cc(C(C)C)c(Cl)cc1C1(N)CCC1. The van der Waals surface area contributed by atoms with Crippen LogP contribution in [-0.4, -0.2) is 7.11 Å². The molecular weight excluding hydrogens is 234 g/mol. The summed E-state index contributed by atoms with van der Waals surface area (Å²) in [5.74, 6) is 1.26. The minimum atomic E-state index is -0.232. The van der Waals surface area contributed by atoms with Crippen LogP contribution in [0.15, 0.2) is 12.1 Å². The Morgan fingerprint density at radius 1 is 1.35 bits per heavy atom. The van der Waals surface area contributed by atoms with E-state index in [0.717, 1.165) is 34.7 Å². The highest BCUT2D eigenvalue weighted by Gasteiger charge is 2.37. The minimum absolute atomic E-state index is 0.232. The van der Waals surface area contributed by atoms with Crippen LogP contribution in [0.25, 0.3) is 0 Å². The summed E-state index contributed by atoms with van der Waals surface area (Å²) in [4.78, 5) is 0. The molecule has 2 nitrogen and oxygen atoms in total. The Morgan fingerprint density at radius 2 is 2.00 bits per heavy atom. The summed E-state index contributed by atoms with van der Waals surface area (Å²) in [6.07, 6.45) is 3.21. The second-order valence-electron chi connectivity index (χ2n) is 5.24. The molecule has 3 heteroatoms. The monoisotopic (exact) mass is 253 g/mol. The van der Waals surface area contributed by atoms with E-state index in [2.05, 4.69) is 13.8 Å². The lowest BCUT2D eigenvalue weighted by atomic mass is 9.72. The third-order valence-electron chi connectivity index (χ3n) is 3.72. The number of hydrogen-bond donors (Lipinski definition) is 1. The Labute approximate surface area is 108 Å². The van der Waals surface area contributed by atoms with Gasteiger partial charge >= 0.3 is 0 Å². The number of rotatable bonds is 3. The molecule has 1 fully saturated rings. The maximum absolute atomic E-state index is 6.36. The van der Waals surface area contributed by atoms with Crippen LogP contribution in [0.1, 0.15) is 50.2 Å². The van der Waals surface area contributed by atoms with Gasteiger partial charge in [0.25, 0.3) is 0 Å². The molecule has 2 rings (SSSR count). The standard InChI is InChI=1S/C14H20ClNO/c1-9(2)10-7-13(17-3)11(8-12(10)15)14(16)5-4-6-14/h7-9H,4-6,16H2,1-3H3. The zero-order chi connectivity index (χ0) is 12.6. The van der Waals surface area contributed by atoms with Crippen LogP contribution in [0.3, 0.4) is 0 Å². The van der Waals surface area contributed by atoms with Crippen molar-refractivity contribution in [1.29, 1.82) is 0 Å². The molecule has 94 valence electrons. The van der Waals surface area contributed by atoms with Crippen LogP contribution >= 0.6 is 11.6 Å². The van der Waals surface area contributed by atoms with Crippen molar-refractivity contribution in [3.8, 4) is 5.75 Å². The predicted octanol–water partition coefficient (Wildman–Crippen LogP) is 3.81. The molecule has 0 atom stereocenters. The van der Waals surface area contributed by atoms with E-state index in [1.807, 2.05) is 12.1 Å². The number of nitrogens with two attached hydrogens (primary N) is 1. The van der Waals surface area contributed by atoms with Crippen LogP contribution in [0.4, 0.5) is 0 Å². The average Bonchev–Trinajstić information content (AvgIpc) is 2.25. The highest BCUT2D eigenvalue weighted by Crippen LogP contribution is 2.45. The maximum Gasteiger partial charge on any atom is 0.124 e. The van der Waals surface area contributed by atoms with Gasteiger partial charge in [-0.2, -0.15) is 0 Å². The molecular formula is C14H20ClNO. The van der Waals surface area contributed by atoms with Gasteiger partial charge in [0.15, 0.2) is 0 Å². The van der Waals surface area contributed by atoms with Gasteiger partial charge in [-0.25, -0.2) is 0 Å². The largest absolute Gasteiger partial charge is 0.496 e. The van der Waals surface area contributed by atoms with Crippen LogP contribution < -0.4 is 10.5 Å². The van der Waals surface area contributed by atoms with Gasteiger partial charge in [0.2, 0.25) is 0 Å². The summed E-state index contributed by atoms with van der Waals surface area (Å²) in [6, 6.07) is 4.03. The normalized spacial score (nSPS) is 18.0.